The number of aliphatic hydroxyl groups excluding tert-OH is 1. The van der Waals surface area contributed by atoms with Crippen molar-refractivity contribution in [1.82, 2.24) is 0 Å². The van der Waals surface area contributed by atoms with Crippen LogP contribution in [0.25, 0.3) is 0 Å². The quantitative estimate of drug-likeness (QED) is 0.885. The lowest BCUT2D eigenvalue weighted by Crippen LogP contribution is -2.00. The van der Waals surface area contributed by atoms with E-state index in [9.17, 15) is 0 Å². The van der Waals surface area contributed by atoms with Crippen LogP contribution in [0, 0.1) is 0 Å². The number of hydrogen-bond acceptors (Lipinski definition) is 3. The average molecular weight is 259 g/mol. The molecule has 1 N–H and O–H groups in total. The Morgan fingerprint density at radius 3 is 3.00 bits per heavy atom. The van der Waals surface area contributed by atoms with Crippen molar-refractivity contribution in [3.8, 4) is 11.5 Å². The fraction of sp³-hybridized carbons (Fsp3) is 0.400. The first-order valence-electron chi connectivity index (χ1n) is 4.43. The maximum absolute atomic E-state index is 9.07. The predicted molar refractivity (Wildman–Crippen MR) is 55.8 cm³/mol. The van der Waals surface area contributed by atoms with E-state index in [1.54, 1.807) is 0 Å². The molecule has 0 saturated carbocycles. The molecule has 0 fully saturated rings. The second-order valence-corrected chi connectivity index (χ2v) is 4.08. The molecular formula is C10H11BrO3. The monoisotopic (exact) mass is 258 g/mol. The van der Waals surface area contributed by atoms with E-state index < -0.39 is 0 Å². The molecule has 0 bridgehead atoms. The summed E-state index contributed by atoms with van der Waals surface area (Å²) in [5, 5.41) is 9.07. The maximum Gasteiger partial charge on any atom is 0.231 e. The molecule has 1 aromatic carbocycles. The van der Waals surface area contributed by atoms with Crippen LogP contribution in [0.15, 0.2) is 16.6 Å². The van der Waals surface area contributed by atoms with Crippen LogP contribution in [0.2, 0.25) is 0 Å². The zero-order chi connectivity index (χ0) is 10.1. The Morgan fingerprint density at radius 1 is 1.50 bits per heavy atom. The van der Waals surface area contributed by atoms with Crippen molar-refractivity contribution < 1.29 is 14.6 Å². The van der Waals surface area contributed by atoms with Crippen molar-refractivity contribution in [2.75, 3.05) is 13.4 Å². The van der Waals surface area contributed by atoms with Gasteiger partial charge in [-0.25, -0.2) is 0 Å². The lowest BCUT2D eigenvalue weighted by atomic mass is 10.0. The molecule has 0 aliphatic carbocycles. The number of fused-ring (bicyclic) bond motifs is 1. The van der Waals surface area contributed by atoms with Gasteiger partial charge in [-0.2, -0.15) is 0 Å². The number of ether oxygens (including phenoxy) is 2. The van der Waals surface area contributed by atoms with Crippen molar-refractivity contribution in [1.29, 1.82) is 0 Å². The zero-order valence-corrected chi connectivity index (χ0v) is 9.37. The molecule has 3 nitrogen and oxygen atoms in total. The van der Waals surface area contributed by atoms with E-state index >= 15 is 0 Å². The van der Waals surface area contributed by atoms with Gasteiger partial charge >= 0.3 is 0 Å². The van der Waals surface area contributed by atoms with E-state index in [2.05, 4.69) is 15.9 Å². The van der Waals surface area contributed by atoms with Gasteiger partial charge in [-0.3, -0.25) is 0 Å². The second-order valence-electron chi connectivity index (χ2n) is 3.29. The van der Waals surface area contributed by atoms with Gasteiger partial charge in [-0.05, 0) is 27.6 Å². The number of aliphatic hydroxyl groups is 1. The third-order valence-electron chi connectivity index (χ3n) is 2.31. The SMILES string of the molecule is CC(CO)c1ccc2c(c1Br)OCO2. The van der Waals surface area contributed by atoms with Gasteiger partial charge in [0, 0.05) is 12.5 Å². The summed E-state index contributed by atoms with van der Waals surface area (Å²) in [7, 11) is 0. The minimum absolute atomic E-state index is 0.0962. The van der Waals surface area contributed by atoms with E-state index in [1.165, 1.54) is 0 Å². The van der Waals surface area contributed by atoms with Crippen LogP contribution in [-0.4, -0.2) is 18.5 Å². The summed E-state index contributed by atoms with van der Waals surface area (Å²) in [6.07, 6.45) is 0. The van der Waals surface area contributed by atoms with E-state index in [1.807, 2.05) is 19.1 Å². The highest BCUT2D eigenvalue weighted by molar-refractivity contribution is 9.10. The number of rotatable bonds is 2. The third-order valence-corrected chi connectivity index (χ3v) is 3.13. The van der Waals surface area contributed by atoms with E-state index in [-0.39, 0.29) is 19.3 Å². The second kappa shape index (κ2) is 3.79. The van der Waals surface area contributed by atoms with Crippen molar-refractivity contribution in [3.05, 3.63) is 22.2 Å². The largest absolute Gasteiger partial charge is 0.454 e. The van der Waals surface area contributed by atoms with Crippen LogP contribution in [0.5, 0.6) is 11.5 Å². The van der Waals surface area contributed by atoms with Crippen LogP contribution in [-0.2, 0) is 0 Å². The third kappa shape index (κ3) is 1.48. The molecule has 0 amide bonds. The molecule has 0 aromatic heterocycles. The van der Waals surface area contributed by atoms with E-state index in [4.69, 9.17) is 14.6 Å². The summed E-state index contributed by atoms with van der Waals surface area (Å²) in [4.78, 5) is 0. The molecule has 1 unspecified atom stereocenters. The molecule has 1 aliphatic rings. The molecule has 0 radical (unpaired) electrons. The first kappa shape index (κ1) is 9.80. The highest BCUT2D eigenvalue weighted by atomic mass is 79.9. The van der Waals surface area contributed by atoms with Crippen molar-refractivity contribution in [3.63, 3.8) is 0 Å². The fourth-order valence-electron chi connectivity index (χ4n) is 1.43. The molecule has 1 aliphatic heterocycles. The zero-order valence-electron chi connectivity index (χ0n) is 7.79. The highest BCUT2D eigenvalue weighted by Crippen LogP contribution is 2.42. The predicted octanol–water partition coefficient (Wildman–Crippen LogP) is 2.27. The van der Waals surface area contributed by atoms with Crippen LogP contribution in [0.1, 0.15) is 18.4 Å². The summed E-state index contributed by atoms with van der Waals surface area (Å²) in [5.41, 5.74) is 1.04. The van der Waals surface area contributed by atoms with Crippen molar-refractivity contribution in [2.45, 2.75) is 12.8 Å². The van der Waals surface area contributed by atoms with Gasteiger partial charge in [-0.15, -0.1) is 0 Å². The van der Waals surface area contributed by atoms with Gasteiger partial charge in [0.1, 0.15) is 0 Å². The summed E-state index contributed by atoms with van der Waals surface area (Å²) >= 11 is 3.46. The number of benzene rings is 1. The van der Waals surface area contributed by atoms with Crippen LogP contribution in [0.3, 0.4) is 0 Å². The first-order valence-corrected chi connectivity index (χ1v) is 5.22. The molecular weight excluding hydrogens is 248 g/mol. The van der Waals surface area contributed by atoms with E-state index in [0.717, 1.165) is 21.5 Å². The number of halogens is 1. The Labute approximate surface area is 90.8 Å². The Bertz CT molecular complexity index is 351. The topological polar surface area (TPSA) is 38.7 Å². The average Bonchev–Trinajstić information content (AvgIpc) is 2.66. The van der Waals surface area contributed by atoms with Gasteiger partial charge < -0.3 is 14.6 Å². The molecule has 1 heterocycles. The Hall–Kier alpha value is -0.740. The fourth-order valence-corrected chi connectivity index (χ4v) is 2.27. The lowest BCUT2D eigenvalue weighted by molar-refractivity contribution is 0.173. The summed E-state index contributed by atoms with van der Waals surface area (Å²) < 4.78 is 11.4. The van der Waals surface area contributed by atoms with Crippen LogP contribution >= 0.6 is 15.9 Å². The Kier molecular flexibility index (Phi) is 2.65. The molecule has 2 rings (SSSR count). The molecule has 76 valence electrons. The van der Waals surface area contributed by atoms with Crippen LogP contribution in [0.4, 0.5) is 0 Å². The van der Waals surface area contributed by atoms with Crippen molar-refractivity contribution >= 4 is 15.9 Å². The molecule has 14 heavy (non-hydrogen) atoms. The number of hydrogen-bond donors (Lipinski definition) is 1. The summed E-state index contributed by atoms with van der Waals surface area (Å²) in [6.45, 7) is 2.35. The van der Waals surface area contributed by atoms with Gasteiger partial charge in [-0.1, -0.05) is 13.0 Å². The highest BCUT2D eigenvalue weighted by Gasteiger charge is 2.21. The van der Waals surface area contributed by atoms with Gasteiger partial charge in [0.2, 0.25) is 6.79 Å². The van der Waals surface area contributed by atoms with Gasteiger partial charge in [0.05, 0.1) is 4.47 Å². The van der Waals surface area contributed by atoms with Crippen molar-refractivity contribution in [2.24, 2.45) is 0 Å². The Morgan fingerprint density at radius 2 is 2.29 bits per heavy atom. The Balaban J connectivity index is 2.44. The van der Waals surface area contributed by atoms with E-state index in [0.29, 0.717) is 0 Å². The molecule has 1 aromatic rings. The molecule has 1 atom stereocenters. The molecule has 4 heteroatoms. The lowest BCUT2D eigenvalue weighted by Gasteiger charge is -2.11. The van der Waals surface area contributed by atoms with Gasteiger partial charge in [0.25, 0.3) is 0 Å². The molecule has 0 spiro atoms. The summed E-state index contributed by atoms with van der Waals surface area (Å²) in [6, 6.07) is 3.81. The van der Waals surface area contributed by atoms with Crippen LogP contribution < -0.4 is 9.47 Å². The first-order chi connectivity index (χ1) is 6.74. The maximum atomic E-state index is 9.07. The summed E-state index contributed by atoms with van der Waals surface area (Å²) in [5.74, 6) is 1.59. The van der Waals surface area contributed by atoms with Gasteiger partial charge in [0.15, 0.2) is 11.5 Å². The molecule has 0 saturated heterocycles. The normalized spacial score (nSPS) is 15.6. The minimum Gasteiger partial charge on any atom is -0.454 e. The standard InChI is InChI=1S/C10H11BrO3/c1-6(4-12)7-2-3-8-10(9(7)11)14-5-13-8/h2-3,6,12H,4-5H2,1H3. The smallest absolute Gasteiger partial charge is 0.231 e. The minimum atomic E-state index is 0.0962.